The van der Waals surface area contributed by atoms with Gasteiger partial charge in [-0.2, -0.15) is 0 Å². The summed E-state index contributed by atoms with van der Waals surface area (Å²) in [5.41, 5.74) is 1.35. The molecule has 0 aliphatic heterocycles. The van der Waals surface area contributed by atoms with Crippen LogP contribution in [-0.4, -0.2) is 12.2 Å². The number of methoxy groups -OCH3 is 1. The molecule has 1 N–H and O–H groups in total. The quantitative estimate of drug-likeness (QED) is 0.901. The first kappa shape index (κ1) is 15.1. The minimum absolute atomic E-state index is 0.164. The van der Waals surface area contributed by atoms with Crippen LogP contribution in [0.5, 0.6) is 5.75 Å². The van der Waals surface area contributed by atoms with Crippen molar-refractivity contribution in [1.29, 1.82) is 0 Å². The van der Waals surface area contributed by atoms with Crippen molar-refractivity contribution in [3.63, 3.8) is 0 Å². The molecule has 1 unspecified atom stereocenters. The van der Waals surface area contributed by atoms with Crippen molar-refractivity contribution in [2.45, 2.75) is 13.0 Å². The lowest BCUT2D eigenvalue weighted by Gasteiger charge is -2.17. The van der Waals surface area contributed by atoms with Crippen LogP contribution in [0.4, 0.5) is 4.39 Å². The third-order valence-electron chi connectivity index (χ3n) is 3.06. The lowest BCUT2D eigenvalue weighted by molar-refractivity contribution is 0.214. The second-order valence-electron chi connectivity index (χ2n) is 4.41. The van der Waals surface area contributed by atoms with Crippen molar-refractivity contribution in [3.8, 4) is 5.75 Å². The second kappa shape index (κ2) is 6.00. The van der Waals surface area contributed by atoms with Gasteiger partial charge in [-0.05, 0) is 36.8 Å². The monoisotopic (exact) mass is 314 g/mol. The maximum atomic E-state index is 13.4. The van der Waals surface area contributed by atoms with E-state index in [4.69, 9.17) is 27.9 Å². The van der Waals surface area contributed by atoms with Crippen LogP contribution in [-0.2, 0) is 0 Å². The van der Waals surface area contributed by atoms with Crippen LogP contribution >= 0.6 is 23.2 Å². The van der Waals surface area contributed by atoms with E-state index < -0.39 is 11.9 Å². The van der Waals surface area contributed by atoms with E-state index in [-0.39, 0.29) is 5.02 Å². The summed E-state index contributed by atoms with van der Waals surface area (Å²) in [4.78, 5) is 0. The number of aliphatic hydroxyl groups excluding tert-OH is 1. The first-order valence-corrected chi connectivity index (χ1v) is 6.66. The molecular formula is C15H13Cl2FO2. The number of benzene rings is 2. The Morgan fingerprint density at radius 2 is 1.85 bits per heavy atom. The van der Waals surface area contributed by atoms with Gasteiger partial charge in [-0.3, -0.25) is 0 Å². The molecule has 0 amide bonds. The van der Waals surface area contributed by atoms with Gasteiger partial charge in [0.05, 0.1) is 7.11 Å². The highest BCUT2D eigenvalue weighted by Gasteiger charge is 2.19. The highest BCUT2D eigenvalue weighted by Crippen LogP contribution is 2.35. The topological polar surface area (TPSA) is 29.5 Å². The fourth-order valence-corrected chi connectivity index (χ4v) is 2.38. The van der Waals surface area contributed by atoms with E-state index in [2.05, 4.69) is 0 Å². The van der Waals surface area contributed by atoms with E-state index in [9.17, 15) is 9.50 Å². The molecular weight excluding hydrogens is 302 g/mol. The van der Waals surface area contributed by atoms with Crippen molar-refractivity contribution < 1.29 is 14.2 Å². The highest BCUT2D eigenvalue weighted by molar-refractivity contribution is 6.31. The zero-order valence-electron chi connectivity index (χ0n) is 11.0. The summed E-state index contributed by atoms with van der Waals surface area (Å²) in [5.74, 6) is 0.0389. The van der Waals surface area contributed by atoms with Gasteiger partial charge in [0, 0.05) is 21.2 Å². The third-order valence-corrected chi connectivity index (χ3v) is 3.63. The summed E-state index contributed by atoms with van der Waals surface area (Å²) in [6, 6.07) is 7.62. The Morgan fingerprint density at radius 1 is 1.15 bits per heavy atom. The van der Waals surface area contributed by atoms with Crippen LogP contribution in [0.1, 0.15) is 22.8 Å². The molecule has 0 aromatic heterocycles. The van der Waals surface area contributed by atoms with E-state index in [1.807, 2.05) is 0 Å². The molecule has 2 rings (SSSR count). The van der Waals surface area contributed by atoms with Gasteiger partial charge in [-0.15, -0.1) is 0 Å². The van der Waals surface area contributed by atoms with Crippen LogP contribution in [0.3, 0.4) is 0 Å². The molecule has 0 heterocycles. The maximum absolute atomic E-state index is 13.4. The SMILES string of the molecule is COc1cc(Cl)ccc1C(O)c1cc(C)c(F)cc1Cl. The molecule has 0 saturated heterocycles. The molecule has 2 aromatic carbocycles. The average Bonchev–Trinajstić information content (AvgIpc) is 2.42. The minimum Gasteiger partial charge on any atom is -0.496 e. The summed E-state index contributed by atoms with van der Waals surface area (Å²) in [7, 11) is 1.49. The molecule has 0 spiro atoms. The van der Waals surface area contributed by atoms with Gasteiger partial charge in [-0.1, -0.05) is 29.3 Å². The molecule has 0 aliphatic carbocycles. The predicted molar refractivity (Wildman–Crippen MR) is 78.2 cm³/mol. The van der Waals surface area contributed by atoms with Crippen LogP contribution in [0.2, 0.25) is 10.0 Å². The number of rotatable bonds is 3. The minimum atomic E-state index is -1.02. The number of halogens is 3. The van der Waals surface area contributed by atoms with Crippen LogP contribution < -0.4 is 4.74 Å². The van der Waals surface area contributed by atoms with Crippen molar-refractivity contribution in [1.82, 2.24) is 0 Å². The van der Waals surface area contributed by atoms with Gasteiger partial charge in [0.2, 0.25) is 0 Å². The van der Waals surface area contributed by atoms with Crippen LogP contribution in [0.25, 0.3) is 0 Å². The first-order valence-electron chi connectivity index (χ1n) is 5.91. The molecule has 0 aliphatic rings. The summed E-state index contributed by atoms with van der Waals surface area (Å²) in [5, 5.41) is 11.1. The Bertz CT molecular complexity index is 644. The Labute approximate surface area is 126 Å². The molecule has 5 heteroatoms. The van der Waals surface area contributed by atoms with Gasteiger partial charge >= 0.3 is 0 Å². The predicted octanol–water partition coefficient (Wildman–Crippen LogP) is 4.53. The Kier molecular flexibility index (Phi) is 4.53. The van der Waals surface area contributed by atoms with E-state index in [0.717, 1.165) is 0 Å². The van der Waals surface area contributed by atoms with Crippen molar-refractivity contribution >= 4 is 23.2 Å². The van der Waals surface area contributed by atoms with Gasteiger partial charge in [-0.25, -0.2) is 4.39 Å². The highest BCUT2D eigenvalue weighted by atomic mass is 35.5. The summed E-state index contributed by atoms with van der Waals surface area (Å²) >= 11 is 11.9. The molecule has 2 aromatic rings. The largest absolute Gasteiger partial charge is 0.496 e. The van der Waals surface area contributed by atoms with E-state index in [1.165, 1.54) is 19.2 Å². The van der Waals surface area contributed by atoms with E-state index >= 15 is 0 Å². The number of hydrogen-bond donors (Lipinski definition) is 1. The Hall–Kier alpha value is -1.29. The maximum Gasteiger partial charge on any atom is 0.127 e. The van der Waals surface area contributed by atoms with Crippen molar-refractivity contribution in [2.75, 3.05) is 7.11 Å². The van der Waals surface area contributed by atoms with Gasteiger partial charge in [0.1, 0.15) is 17.7 Å². The lowest BCUT2D eigenvalue weighted by atomic mass is 9.99. The number of hydrogen-bond acceptors (Lipinski definition) is 2. The van der Waals surface area contributed by atoms with E-state index in [0.29, 0.717) is 27.5 Å². The molecule has 1 atom stereocenters. The Morgan fingerprint density at radius 3 is 2.50 bits per heavy atom. The average molecular weight is 315 g/mol. The zero-order valence-corrected chi connectivity index (χ0v) is 12.5. The van der Waals surface area contributed by atoms with Crippen LogP contribution in [0, 0.1) is 12.7 Å². The van der Waals surface area contributed by atoms with E-state index in [1.54, 1.807) is 25.1 Å². The third kappa shape index (κ3) is 2.90. The molecule has 0 bridgehead atoms. The molecule has 0 fully saturated rings. The molecule has 0 radical (unpaired) electrons. The summed E-state index contributed by atoms with van der Waals surface area (Å²) in [6.07, 6.45) is -1.02. The molecule has 0 saturated carbocycles. The fraction of sp³-hybridized carbons (Fsp3) is 0.200. The number of aliphatic hydroxyl groups is 1. The number of ether oxygens (including phenoxy) is 1. The Balaban J connectivity index is 2.51. The van der Waals surface area contributed by atoms with Gasteiger partial charge in [0.15, 0.2) is 0 Å². The molecule has 106 valence electrons. The molecule has 20 heavy (non-hydrogen) atoms. The van der Waals surface area contributed by atoms with Gasteiger partial charge in [0.25, 0.3) is 0 Å². The summed E-state index contributed by atoms with van der Waals surface area (Å²) in [6.45, 7) is 1.61. The van der Waals surface area contributed by atoms with Crippen LogP contribution in [0.15, 0.2) is 30.3 Å². The standard InChI is InChI=1S/C15H13Cl2FO2/c1-8-5-11(12(17)7-13(8)18)15(19)10-4-3-9(16)6-14(10)20-2/h3-7,15,19H,1-2H3. The zero-order chi connectivity index (χ0) is 14.9. The summed E-state index contributed by atoms with van der Waals surface area (Å²) < 4.78 is 18.6. The van der Waals surface area contributed by atoms with Crippen molar-refractivity contribution in [3.05, 3.63) is 62.9 Å². The normalized spacial score (nSPS) is 12.3. The smallest absolute Gasteiger partial charge is 0.127 e. The van der Waals surface area contributed by atoms with Gasteiger partial charge < -0.3 is 9.84 Å². The fourth-order valence-electron chi connectivity index (χ4n) is 1.97. The second-order valence-corrected chi connectivity index (χ2v) is 5.26. The lowest BCUT2D eigenvalue weighted by Crippen LogP contribution is -2.04. The number of aryl methyl sites for hydroxylation is 1. The first-order chi connectivity index (χ1) is 9.43. The van der Waals surface area contributed by atoms with Crippen molar-refractivity contribution in [2.24, 2.45) is 0 Å². The molecule has 2 nitrogen and oxygen atoms in total.